The number of benzene rings is 2. The van der Waals surface area contributed by atoms with Crippen molar-refractivity contribution in [3.05, 3.63) is 63.6 Å². The fourth-order valence-corrected chi connectivity index (χ4v) is 2.22. The summed E-state index contributed by atoms with van der Waals surface area (Å²) in [7, 11) is 0. The van der Waals surface area contributed by atoms with Gasteiger partial charge in [0.15, 0.2) is 0 Å². The van der Waals surface area contributed by atoms with E-state index >= 15 is 0 Å². The Morgan fingerprint density at radius 3 is 2.78 bits per heavy atom. The van der Waals surface area contributed by atoms with Crippen LogP contribution in [0.2, 0.25) is 0 Å². The Kier molecular flexibility index (Phi) is 4.01. The van der Waals surface area contributed by atoms with Crippen LogP contribution >= 0.6 is 15.9 Å². The Hall–Kier alpha value is -1.79. The lowest BCUT2D eigenvalue weighted by Crippen LogP contribution is -1.96. The number of nitriles is 1. The molecule has 0 aliphatic heterocycles. The third-order valence-electron chi connectivity index (χ3n) is 2.54. The van der Waals surface area contributed by atoms with Gasteiger partial charge in [-0.3, -0.25) is 0 Å². The molecule has 0 atom stereocenters. The van der Waals surface area contributed by atoms with Gasteiger partial charge >= 0.3 is 0 Å². The zero-order valence-electron chi connectivity index (χ0n) is 9.98. The largest absolute Gasteiger partial charge is 0.488 e. The van der Waals surface area contributed by atoms with E-state index in [2.05, 4.69) is 22.0 Å². The van der Waals surface area contributed by atoms with Crippen LogP contribution in [0.5, 0.6) is 5.75 Å². The van der Waals surface area contributed by atoms with Gasteiger partial charge in [0.25, 0.3) is 0 Å². The Labute approximate surface area is 115 Å². The van der Waals surface area contributed by atoms with Crippen LogP contribution in [-0.2, 0) is 6.61 Å². The van der Waals surface area contributed by atoms with Crippen molar-refractivity contribution >= 4 is 15.9 Å². The lowest BCUT2D eigenvalue weighted by atomic mass is 10.1. The number of hydrogen-bond acceptors (Lipinski definition) is 2. The van der Waals surface area contributed by atoms with Crippen LogP contribution in [-0.4, -0.2) is 0 Å². The minimum absolute atomic E-state index is 0.456. The van der Waals surface area contributed by atoms with Crippen LogP contribution in [0, 0.1) is 18.3 Å². The molecule has 0 spiro atoms. The second-order valence-corrected chi connectivity index (χ2v) is 4.89. The van der Waals surface area contributed by atoms with E-state index in [1.165, 1.54) is 5.56 Å². The van der Waals surface area contributed by atoms with Crippen molar-refractivity contribution in [2.75, 3.05) is 0 Å². The Morgan fingerprint density at radius 2 is 2.06 bits per heavy atom. The van der Waals surface area contributed by atoms with E-state index < -0.39 is 0 Å². The van der Waals surface area contributed by atoms with Crippen LogP contribution in [0.15, 0.2) is 46.9 Å². The van der Waals surface area contributed by atoms with E-state index in [0.29, 0.717) is 12.2 Å². The van der Waals surface area contributed by atoms with Gasteiger partial charge in [-0.2, -0.15) is 5.26 Å². The molecule has 0 N–H and O–H groups in total. The number of nitrogens with zero attached hydrogens (tertiary/aromatic N) is 1. The topological polar surface area (TPSA) is 33.0 Å². The van der Waals surface area contributed by atoms with E-state index in [1.807, 2.05) is 43.3 Å². The van der Waals surface area contributed by atoms with Gasteiger partial charge in [0.05, 0.1) is 16.1 Å². The molecular formula is C15H12BrNO. The monoisotopic (exact) mass is 301 g/mol. The van der Waals surface area contributed by atoms with Gasteiger partial charge in [0, 0.05) is 0 Å². The van der Waals surface area contributed by atoms with Crippen LogP contribution in [0.4, 0.5) is 0 Å². The molecule has 0 heterocycles. The van der Waals surface area contributed by atoms with Gasteiger partial charge < -0.3 is 4.74 Å². The van der Waals surface area contributed by atoms with E-state index in [0.717, 1.165) is 15.8 Å². The second-order valence-electron chi connectivity index (χ2n) is 4.03. The molecule has 0 saturated carbocycles. The Balaban J connectivity index is 2.09. The number of hydrogen-bond donors (Lipinski definition) is 0. The first-order valence-corrected chi connectivity index (χ1v) is 6.36. The highest BCUT2D eigenvalue weighted by Gasteiger charge is 2.02. The molecule has 0 unspecified atom stereocenters. The summed E-state index contributed by atoms with van der Waals surface area (Å²) in [4.78, 5) is 0. The van der Waals surface area contributed by atoms with Crippen molar-refractivity contribution in [1.82, 2.24) is 0 Å². The summed E-state index contributed by atoms with van der Waals surface area (Å²) in [5.41, 5.74) is 2.82. The molecule has 0 aliphatic rings. The second kappa shape index (κ2) is 5.70. The maximum Gasteiger partial charge on any atom is 0.134 e. The molecule has 0 radical (unpaired) electrons. The standard InChI is InChI=1S/C15H12BrNO/c1-11-5-6-15(14(16)7-11)18-10-13-4-2-3-12(8-13)9-17/h2-8H,10H2,1H3. The van der Waals surface area contributed by atoms with Crippen molar-refractivity contribution < 1.29 is 4.74 Å². The summed E-state index contributed by atoms with van der Waals surface area (Å²) in [6.07, 6.45) is 0. The number of rotatable bonds is 3. The summed E-state index contributed by atoms with van der Waals surface area (Å²) in [6, 6.07) is 15.5. The predicted octanol–water partition coefficient (Wildman–Crippen LogP) is 4.21. The van der Waals surface area contributed by atoms with E-state index in [1.54, 1.807) is 6.07 Å². The lowest BCUT2D eigenvalue weighted by Gasteiger charge is -2.09. The van der Waals surface area contributed by atoms with Gasteiger partial charge in [-0.1, -0.05) is 18.2 Å². The zero-order valence-corrected chi connectivity index (χ0v) is 11.6. The maximum absolute atomic E-state index is 8.82. The van der Waals surface area contributed by atoms with Crippen molar-refractivity contribution in [2.24, 2.45) is 0 Å². The molecule has 3 heteroatoms. The molecule has 90 valence electrons. The normalized spacial score (nSPS) is 9.83. The fraction of sp³-hybridized carbons (Fsp3) is 0.133. The summed E-state index contributed by atoms with van der Waals surface area (Å²) >= 11 is 3.47. The van der Waals surface area contributed by atoms with Crippen LogP contribution in [0.3, 0.4) is 0 Å². The van der Waals surface area contributed by atoms with Crippen LogP contribution in [0.25, 0.3) is 0 Å². The smallest absolute Gasteiger partial charge is 0.134 e. The SMILES string of the molecule is Cc1ccc(OCc2cccc(C#N)c2)c(Br)c1. The first-order chi connectivity index (χ1) is 8.69. The van der Waals surface area contributed by atoms with E-state index in [4.69, 9.17) is 10.00 Å². The predicted molar refractivity (Wildman–Crippen MR) is 74.4 cm³/mol. The average Bonchev–Trinajstić information content (AvgIpc) is 2.38. The molecule has 0 aromatic heterocycles. The molecule has 18 heavy (non-hydrogen) atoms. The fourth-order valence-electron chi connectivity index (χ4n) is 1.61. The minimum Gasteiger partial charge on any atom is -0.488 e. The Morgan fingerprint density at radius 1 is 1.22 bits per heavy atom. The van der Waals surface area contributed by atoms with Gasteiger partial charge in [0.1, 0.15) is 12.4 Å². The van der Waals surface area contributed by atoms with Crippen molar-refractivity contribution in [3.63, 3.8) is 0 Å². The first kappa shape index (κ1) is 12.7. The highest BCUT2D eigenvalue weighted by atomic mass is 79.9. The molecule has 0 fully saturated rings. The summed E-state index contributed by atoms with van der Waals surface area (Å²) in [5, 5.41) is 8.82. The molecule has 2 nitrogen and oxygen atoms in total. The van der Waals surface area contributed by atoms with Crippen LogP contribution < -0.4 is 4.74 Å². The highest BCUT2D eigenvalue weighted by Crippen LogP contribution is 2.26. The van der Waals surface area contributed by atoms with Crippen molar-refractivity contribution in [1.29, 1.82) is 5.26 Å². The molecule has 0 amide bonds. The molecule has 0 aliphatic carbocycles. The van der Waals surface area contributed by atoms with Crippen molar-refractivity contribution in [2.45, 2.75) is 13.5 Å². The van der Waals surface area contributed by atoms with E-state index in [9.17, 15) is 0 Å². The van der Waals surface area contributed by atoms with Gasteiger partial charge in [0.2, 0.25) is 0 Å². The first-order valence-electron chi connectivity index (χ1n) is 5.57. The zero-order chi connectivity index (χ0) is 13.0. The van der Waals surface area contributed by atoms with Gasteiger partial charge in [-0.25, -0.2) is 0 Å². The Bertz CT molecular complexity index is 602. The molecular weight excluding hydrogens is 290 g/mol. The number of aryl methyl sites for hydroxylation is 1. The molecule has 2 aromatic rings. The van der Waals surface area contributed by atoms with Crippen LogP contribution in [0.1, 0.15) is 16.7 Å². The summed E-state index contributed by atoms with van der Waals surface area (Å²) in [5.74, 6) is 0.808. The van der Waals surface area contributed by atoms with Gasteiger partial charge in [-0.05, 0) is 58.2 Å². The quantitative estimate of drug-likeness (QED) is 0.851. The van der Waals surface area contributed by atoms with Crippen molar-refractivity contribution in [3.8, 4) is 11.8 Å². The lowest BCUT2D eigenvalue weighted by molar-refractivity contribution is 0.304. The minimum atomic E-state index is 0.456. The molecule has 0 bridgehead atoms. The van der Waals surface area contributed by atoms with E-state index in [-0.39, 0.29) is 0 Å². The maximum atomic E-state index is 8.82. The summed E-state index contributed by atoms with van der Waals surface area (Å²) in [6.45, 7) is 2.49. The third-order valence-corrected chi connectivity index (χ3v) is 3.16. The number of halogens is 1. The van der Waals surface area contributed by atoms with Gasteiger partial charge in [-0.15, -0.1) is 0 Å². The third kappa shape index (κ3) is 3.12. The highest BCUT2D eigenvalue weighted by molar-refractivity contribution is 9.10. The molecule has 2 rings (SSSR count). The average molecular weight is 302 g/mol. The molecule has 0 saturated heterocycles. The number of ether oxygens (including phenoxy) is 1. The molecule has 2 aromatic carbocycles. The summed E-state index contributed by atoms with van der Waals surface area (Å²) < 4.78 is 6.66.